The van der Waals surface area contributed by atoms with E-state index in [2.05, 4.69) is 11.8 Å². The molecule has 1 heterocycles. The third kappa shape index (κ3) is 2.74. The summed E-state index contributed by atoms with van der Waals surface area (Å²) < 4.78 is 0. The zero-order valence-electron chi connectivity index (χ0n) is 12.9. The lowest BCUT2D eigenvalue weighted by Crippen LogP contribution is -2.46. The largest absolute Gasteiger partial charge is 0.339 e. The fourth-order valence-electron chi connectivity index (χ4n) is 4.78. The maximum Gasteiger partial charge on any atom is 0.225 e. The topological polar surface area (TPSA) is 46.3 Å². The molecule has 3 heteroatoms. The lowest BCUT2D eigenvalue weighted by Gasteiger charge is -2.36. The van der Waals surface area contributed by atoms with Crippen molar-refractivity contribution in [1.82, 2.24) is 4.90 Å². The van der Waals surface area contributed by atoms with Crippen LogP contribution in [0.4, 0.5) is 0 Å². The van der Waals surface area contributed by atoms with Gasteiger partial charge in [-0.15, -0.1) is 0 Å². The van der Waals surface area contributed by atoms with Crippen LogP contribution in [-0.4, -0.2) is 29.4 Å². The lowest BCUT2D eigenvalue weighted by atomic mass is 9.78. The van der Waals surface area contributed by atoms with Crippen molar-refractivity contribution >= 4 is 5.91 Å². The summed E-state index contributed by atoms with van der Waals surface area (Å²) in [6, 6.07) is 0.874. The minimum atomic E-state index is 0.256. The number of nitrogens with zero attached hydrogens (tertiary/aromatic N) is 1. The molecule has 3 fully saturated rings. The second-order valence-corrected chi connectivity index (χ2v) is 7.44. The van der Waals surface area contributed by atoms with E-state index in [9.17, 15) is 4.79 Å². The van der Waals surface area contributed by atoms with Gasteiger partial charge in [0.25, 0.3) is 0 Å². The van der Waals surface area contributed by atoms with Crippen molar-refractivity contribution in [3.8, 4) is 0 Å². The Kier molecular flexibility index (Phi) is 4.34. The molecule has 114 valence electrons. The zero-order chi connectivity index (χ0) is 14.1. The van der Waals surface area contributed by atoms with Gasteiger partial charge in [-0.05, 0) is 56.8 Å². The molecule has 0 aromatic rings. The van der Waals surface area contributed by atoms with Crippen molar-refractivity contribution in [2.75, 3.05) is 6.54 Å². The normalized spacial score (nSPS) is 39.4. The Labute approximate surface area is 123 Å². The van der Waals surface area contributed by atoms with Crippen molar-refractivity contribution in [1.29, 1.82) is 0 Å². The summed E-state index contributed by atoms with van der Waals surface area (Å²) in [6.07, 6.45) is 11.0. The molecule has 0 radical (unpaired) electrons. The number of hydrogen-bond acceptors (Lipinski definition) is 2. The Hall–Kier alpha value is -0.570. The molecule has 1 saturated heterocycles. The highest BCUT2D eigenvalue weighted by Crippen LogP contribution is 2.38. The van der Waals surface area contributed by atoms with Crippen LogP contribution in [0.15, 0.2) is 0 Å². The maximum atomic E-state index is 12.9. The van der Waals surface area contributed by atoms with Gasteiger partial charge in [-0.25, -0.2) is 0 Å². The van der Waals surface area contributed by atoms with Crippen molar-refractivity contribution in [2.45, 2.75) is 76.8 Å². The van der Waals surface area contributed by atoms with Crippen LogP contribution in [0.2, 0.25) is 0 Å². The van der Waals surface area contributed by atoms with Crippen molar-refractivity contribution in [3.63, 3.8) is 0 Å². The summed E-state index contributed by atoms with van der Waals surface area (Å²) in [5.74, 6) is 2.01. The van der Waals surface area contributed by atoms with Crippen LogP contribution >= 0.6 is 0 Å². The number of carbonyl (C=O) groups is 1. The van der Waals surface area contributed by atoms with Crippen LogP contribution < -0.4 is 5.73 Å². The van der Waals surface area contributed by atoms with E-state index in [-0.39, 0.29) is 5.92 Å². The summed E-state index contributed by atoms with van der Waals surface area (Å²) in [5, 5.41) is 0. The molecule has 1 aliphatic heterocycles. The average molecular weight is 278 g/mol. The van der Waals surface area contributed by atoms with Gasteiger partial charge in [0.05, 0.1) is 0 Å². The molecule has 0 aromatic heterocycles. The molecule has 4 atom stereocenters. The number of likely N-dealkylation sites (tertiary alicyclic amines) is 1. The fraction of sp³-hybridized carbons (Fsp3) is 0.941. The first-order valence-corrected chi connectivity index (χ1v) is 8.73. The summed E-state index contributed by atoms with van der Waals surface area (Å²) in [4.78, 5) is 15.2. The minimum Gasteiger partial charge on any atom is -0.339 e. The highest BCUT2D eigenvalue weighted by atomic mass is 16.2. The Morgan fingerprint density at radius 1 is 1.05 bits per heavy atom. The van der Waals surface area contributed by atoms with E-state index in [4.69, 9.17) is 5.73 Å². The third-order valence-corrected chi connectivity index (χ3v) is 6.11. The van der Waals surface area contributed by atoms with E-state index in [0.29, 0.717) is 23.9 Å². The number of rotatable bonds is 2. The molecule has 0 spiro atoms. The second-order valence-electron chi connectivity index (χ2n) is 7.44. The Morgan fingerprint density at radius 3 is 2.50 bits per heavy atom. The zero-order valence-corrected chi connectivity index (χ0v) is 12.9. The van der Waals surface area contributed by atoms with Crippen LogP contribution in [0.25, 0.3) is 0 Å². The number of nitrogens with two attached hydrogens (primary N) is 1. The monoisotopic (exact) mass is 278 g/mol. The first-order chi connectivity index (χ1) is 9.66. The van der Waals surface area contributed by atoms with Gasteiger partial charge in [0, 0.05) is 24.5 Å². The molecule has 3 rings (SSSR count). The van der Waals surface area contributed by atoms with Gasteiger partial charge in [-0.1, -0.05) is 19.8 Å². The highest BCUT2D eigenvalue weighted by molar-refractivity contribution is 5.79. The average Bonchev–Trinajstić information content (AvgIpc) is 3.10. The van der Waals surface area contributed by atoms with E-state index in [1.807, 2.05) is 0 Å². The van der Waals surface area contributed by atoms with E-state index in [1.54, 1.807) is 0 Å². The van der Waals surface area contributed by atoms with Crippen LogP contribution in [0.1, 0.15) is 64.7 Å². The molecule has 3 aliphatic rings. The van der Waals surface area contributed by atoms with Gasteiger partial charge in [-0.2, -0.15) is 0 Å². The number of hydrogen-bond donors (Lipinski definition) is 1. The Balaban J connectivity index is 1.63. The lowest BCUT2D eigenvalue weighted by molar-refractivity contribution is -0.139. The smallest absolute Gasteiger partial charge is 0.225 e. The molecular weight excluding hydrogens is 248 g/mol. The number of amides is 1. The SMILES string of the molecule is CC1CC(C(=O)N2CCCC2C2CCCC2)CCC1N. The van der Waals surface area contributed by atoms with E-state index >= 15 is 0 Å². The highest BCUT2D eigenvalue weighted by Gasteiger charge is 2.39. The van der Waals surface area contributed by atoms with Crippen LogP contribution in [0.5, 0.6) is 0 Å². The summed E-state index contributed by atoms with van der Waals surface area (Å²) >= 11 is 0. The van der Waals surface area contributed by atoms with Gasteiger partial charge >= 0.3 is 0 Å². The molecule has 2 N–H and O–H groups in total. The van der Waals surface area contributed by atoms with Crippen LogP contribution in [0.3, 0.4) is 0 Å². The van der Waals surface area contributed by atoms with Crippen molar-refractivity contribution < 1.29 is 4.79 Å². The number of carbonyl (C=O) groups excluding carboxylic acids is 1. The van der Waals surface area contributed by atoms with Gasteiger partial charge in [0.2, 0.25) is 5.91 Å². The molecule has 0 bridgehead atoms. The van der Waals surface area contributed by atoms with Gasteiger partial charge in [0.15, 0.2) is 0 Å². The standard InChI is InChI=1S/C17H30N2O/c1-12-11-14(8-9-15(12)18)17(20)19-10-4-7-16(19)13-5-2-3-6-13/h12-16H,2-11,18H2,1H3. The second kappa shape index (κ2) is 6.05. The first-order valence-electron chi connectivity index (χ1n) is 8.73. The quantitative estimate of drug-likeness (QED) is 0.844. The Bertz CT molecular complexity index is 351. The van der Waals surface area contributed by atoms with E-state index < -0.39 is 0 Å². The molecule has 2 saturated carbocycles. The third-order valence-electron chi connectivity index (χ3n) is 6.11. The Morgan fingerprint density at radius 2 is 1.80 bits per heavy atom. The summed E-state index contributed by atoms with van der Waals surface area (Å²) in [7, 11) is 0. The molecule has 4 unspecified atom stereocenters. The van der Waals surface area contributed by atoms with Crippen LogP contribution in [0, 0.1) is 17.8 Å². The van der Waals surface area contributed by atoms with Crippen molar-refractivity contribution in [2.24, 2.45) is 23.5 Å². The fourth-order valence-corrected chi connectivity index (χ4v) is 4.78. The predicted molar refractivity (Wildman–Crippen MR) is 81.2 cm³/mol. The molecule has 3 nitrogen and oxygen atoms in total. The molecule has 1 amide bonds. The van der Waals surface area contributed by atoms with Crippen molar-refractivity contribution in [3.05, 3.63) is 0 Å². The molecule has 0 aromatic carbocycles. The summed E-state index contributed by atoms with van der Waals surface area (Å²) in [6.45, 7) is 3.22. The van der Waals surface area contributed by atoms with E-state index in [1.165, 1.54) is 38.5 Å². The summed E-state index contributed by atoms with van der Waals surface area (Å²) in [5.41, 5.74) is 6.10. The maximum absolute atomic E-state index is 12.9. The molecule has 2 aliphatic carbocycles. The van der Waals surface area contributed by atoms with Gasteiger partial charge in [0.1, 0.15) is 0 Å². The van der Waals surface area contributed by atoms with E-state index in [0.717, 1.165) is 31.7 Å². The first kappa shape index (κ1) is 14.4. The predicted octanol–water partition coefficient (Wildman–Crippen LogP) is 2.93. The molecule has 20 heavy (non-hydrogen) atoms. The molecular formula is C17H30N2O. The van der Waals surface area contributed by atoms with Gasteiger partial charge < -0.3 is 10.6 Å². The van der Waals surface area contributed by atoms with Gasteiger partial charge in [-0.3, -0.25) is 4.79 Å². The van der Waals surface area contributed by atoms with Crippen LogP contribution in [-0.2, 0) is 4.79 Å². The minimum absolute atomic E-state index is 0.256.